The molecule has 108 valence electrons. The zero-order valence-electron chi connectivity index (χ0n) is 13.0. The van der Waals surface area contributed by atoms with Gasteiger partial charge in [0.15, 0.2) is 0 Å². The Balaban J connectivity index is 2.35. The summed E-state index contributed by atoms with van der Waals surface area (Å²) >= 11 is 0. The molecule has 0 radical (unpaired) electrons. The first-order valence-electron chi connectivity index (χ1n) is 7.48. The van der Waals surface area contributed by atoms with Crippen LogP contribution in [0.3, 0.4) is 0 Å². The molecular formula is C17H29NO. The van der Waals surface area contributed by atoms with Gasteiger partial charge in [0.2, 0.25) is 0 Å². The highest BCUT2D eigenvalue weighted by atomic mass is 16.5. The lowest BCUT2D eigenvalue weighted by Gasteiger charge is -2.20. The van der Waals surface area contributed by atoms with E-state index in [1.54, 1.807) is 0 Å². The molecule has 2 nitrogen and oxygen atoms in total. The summed E-state index contributed by atoms with van der Waals surface area (Å²) in [5, 5.41) is 3.49. The predicted molar refractivity (Wildman–Crippen MR) is 82.7 cm³/mol. The summed E-state index contributed by atoms with van der Waals surface area (Å²) in [4.78, 5) is 0. The van der Waals surface area contributed by atoms with Crippen LogP contribution >= 0.6 is 0 Å². The number of hydrogen-bond acceptors (Lipinski definition) is 2. The molecule has 0 unspecified atom stereocenters. The lowest BCUT2D eigenvalue weighted by molar-refractivity contribution is 0.304. The molecule has 0 atom stereocenters. The highest BCUT2D eigenvalue weighted by Gasteiger charge is 2.08. The Morgan fingerprint density at radius 1 is 1.11 bits per heavy atom. The summed E-state index contributed by atoms with van der Waals surface area (Å²) in [7, 11) is 0. The van der Waals surface area contributed by atoms with Crippen LogP contribution in [0.25, 0.3) is 0 Å². The van der Waals surface area contributed by atoms with Gasteiger partial charge in [-0.2, -0.15) is 0 Å². The van der Waals surface area contributed by atoms with Gasteiger partial charge in [-0.1, -0.05) is 38.3 Å². The topological polar surface area (TPSA) is 21.3 Å². The summed E-state index contributed by atoms with van der Waals surface area (Å²) in [5.41, 5.74) is 1.43. The SMILES string of the molecule is CCCCCCOc1cccc(CNC(C)(C)C)c1. The molecule has 1 aromatic rings. The maximum Gasteiger partial charge on any atom is 0.119 e. The average Bonchev–Trinajstić information content (AvgIpc) is 2.36. The lowest BCUT2D eigenvalue weighted by Crippen LogP contribution is -2.35. The molecule has 0 amide bonds. The van der Waals surface area contributed by atoms with E-state index in [2.05, 4.69) is 51.2 Å². The molecular weight excluding hydrogens is 234 g/mol. The Labute approximate surface area is 118 Å². The zero-order chi connectivity index (χ0) is 14.1. The molecule has 0 aliphatic rings. The molecule has 19 heavy (non-hydrogen) atoms. The zero-order valence-corrected chi connectivity index (χ0v) is 13.0. The molecule has 0 aromatic heterocycles. The number of rotatable bonds is 8. The molecule has 0 aliphatic carbocycles. The van der Waals surface area contributed by atoms with Crippen molar-refractivity contribution in [2.45, 2.75) is 65.5 Å². The molecule has 1 rings (SSSR count). The van der Waals surface area contributed by atoms with Crippen LogP contribution in [-0.4, -0.2) is 12.1 Å². The fourth-order valence-electron chi connectivity index (χ4n) is 1.83. The Hall–Kier alpha value is -1.02. The minimum Gasteiger partial charge on any atom is -0.494 e. The molecule has 0 heterocycles. The first-order chi connectivity index (χ1) is 9.01. The number of benzene rings is 1. The van der Waals surface area contributed by atoms with Crippen molar-refractivity contribution in [3.8, 4) is 5.75 Å². The van der Waals surface area contributed by atoms with Crippen LogP contribution in [-0.2, 0) is 6.54 Å². The van der Waals surface area contributed by atoms with Gasteiger partial charge in [-0.3, -0.25) is 0 Å². The summed E-state index contributed by atoms with van der Waals surface area (Å²) in [6.45, 7) is 10.5. The van der Waals surface area contributed by atoms with Crippen molar-refractivity contribution >= 4 is 0 Å². The van der Waals surface area contributed by atoms with E-state index in [1.807, 2.05) is 6.07 Å². The lowest BCUT2D eigenvalue weighted by atomic mass is 10.1. The third-order valence-corrected chi connectivity index (χ3v) is 2.99. The Bertz CT molecular complexity index is 355. The third-order valence-electron chi connectivity index (χ3n) is 2.99. The Morgan fingerprint density at radius 2 is 1.89 bits per heavy atom. The number of unbranched alkanes of at least 4 members (excludes halogenated alkanes) is 3. The van der Waals surface area contributed by atoms with E-state index >= 15 is 0 Å². The van der Waals surface area contributed by atoms with E-state index < -0.39 is 0 Å². The molecule has 1 N–H and O–H groups in total. The maximum atomic E-state index is 5.80. The largest absolute Gasteiger partial charge is 0.494 e. The van der Waals surface area contributed by atoms with Gasteiger partial charge in [0.25, 0.3) is 0 Å². The van der Waals surface area contributed by atoms with Crippen LogP contribution < -0.4 is 10.1 Å². The summed E-state index contributed by atoms with van der Waals surface area (Å²) in [5.74, 6) is 0.990. The van der Waals surface area contributed by atoms with Gasteiger partial charge >= 0.3 is 0 Å². The van der Waals surface area contributed by atoms with Crippen molar-refractivity contribution in [2.24, 2.45) is 0 Å². The molecule has 0 saturated heterocycles. The molecule has 0 saturated carbocycles. The second-order valence-electron chi connectivity index (χ2n) is 6.16. The van der Waals surface area contributed by atoms with Gasteiger partial charge in [-0.25, -0.2) is 0 Å². The fourth-order valence-corrected chi connectivity index (χ4v) is 1.83. The van der Waals surface area contributed by atoms with Gasteiger partial charge in [-0.05, 0) is 44.9 Å². The molecule has 0 spiro atoms. The summed E-state index contributed by atoms with van der Waals surface area (Å²) in [6, 6.07) is 8.39. The number of hydrogen-bond donors (Lipinski definition) is 1. The third kappa shape index (κ3) is 7.89. The molecule has 1 aromatic carbocycles. The standard InChI is InChI=1S/C17H29NO/c1-5-6-7-8-12-19-16-11-9-10-15(13-16)14-18-17(2,3)4/h9-11,13,18H,5-8,12,14H2,1-4H3. The van der Waals surface area contributed by atoms with Crippen LogP contribution in [0.4, 0.5) is 0 Å². The molecule has 0 fully saturated rings. The predicted octanol–water partition coefficient (Wildman–Crippen LogP) is 4.53. The Morgan fingerprint density at radius 3 is 2.58 bits per heavy atom. The van der Waals surface area contributed by atoms with E-state index in [9.17, 15) is 0 Å². The average molecular weight is 263 g/mol. The van der Waals surface area contributed by atoms with Crippen molar-refractivity contribution in [3.05, 3.63) is 29.8 Å². The van der Waals surface area contributed by atoms with Gasteiger partial charge in [0.1, 0.15) is 5.75 Å². The van der Waals surface area contributed by atoms with Crippen LogP contribution in [0, 0.1) is 0 Å². The van der Waals surface area contributed by atoms with Crippen LogP contribution in [0.15, 0.2) is 24.3 Å². The molecule has 0 bridgehead atoms. The van der Waals surface area contributed by atoms with Crippen molar-refractivity contribution in [3.63, 3.8) is 0 Å². The van der Waals surface area contributed by atoms with Crippen LogP contribution in [0.2, 0.25) is 0 Å². The maximum absolute atomic E-state index is 5.80. The van der Waals surface area contributed by atoms with Gasteiger partial charge < -0.3 is 10.1 Å². The van der Waals surface area contributed by atoms with E-state index in [0.29, 0.717) is 0 Å². The Kier molecular flexibility index (Phi) is 6.93. The van der Waals surface area contributed by atoms with E-state index in [-0.39, 0.29) is 5.54 Å². The fraction of sp³-hybridized carbons (Fsp3) is 0.647. The number of ether oxygens (including phenoxy) is 1. The number of nitrogens with one attached hydrogen (secondary N) is 1. The van der Waals surface area contributed by atoms with E-state index in [1.165, 1.54) is 24.8 Å². The smallest absolute Gasteiger partial charge is 0.119 e. The highest BCUT2D eigenvalue weighted by Crippen LogP contribution is 2.15. The first-order valence-corrected chi connectivity index (χ1v) is 7.48. The molecule has 2 heteroatoms. The summed E-state index contributed by atoms with van der Waals surface area (Å²) < 4.78 is 5.80. The van der Waals surface area contributed by atoms with Gasteiger partial charge in [-0.15, -0.1) is 0 Å². The van der Waals surface area contributed by atoms with Crippen molar-refractivity contribution in [1.82, 2.24) is 5.32 Å². The normalized spacial score (nSPS) is 11.6. The summed E-state index contributed by atoms with van der Waals surface area (Å²) in [6.07, 6.45) is 4.99. The van der Waals surface area contributed by atoms with E-state index in [4.69, 9.17) is 4.74 Å². The minimum atomic E-state index is 0.150. The first kappa shape index (κ1) is 16.0. The second kappa shape index (κ2) is 8.21. The van der Waals surface area contributed by atoms with Gasteiger partial charge in [0, 0.05) is 12.1 Å². The monoisotopic (exact) mass is 263 g/mol. The van der Waals surface area contributed by atoms with Gasteiger partial charge in [0.05, 0.1) is 6.61 Å². The van der Waals surface area contributed by atoms with Crippen molar-refractivity contribution in [2.75, 3.05) is 6.61 Å². The van der Waals surface area contributed by atoms with E-state index in [0.717, 1.165) is 25.3 Å². The van der Waals surface area contributed by atoms with Crippen molar-refractivity contribution < 1.29 is 4.74 Å². The van der Waals surface area contributed by atoms with Crippen LogP contribution in [0.1, 0.15) is 58.9 Å². The van der Waals surface area contributed by atoms with Crippen LogP contribution in [0.5, 0.6) is 5.75 Å². The minimum absolute atomic E-state index is 0.150. The molecule has 0 aliphatic heterocycles. The highest BCUT2D eigenvalue weighted by molar-refractivity contribution is 5.28. The van der Waals surface area contributed by atoms with Crippen molar-refractivity contribution in [1.29, 1.82) is 0 Å². The second-order valence-corrected chi connectivity index (χ2v) is 6.16. The quantitative estimate of drug-likeness (QED) is 0.696.